The number of carboxylic acids is 2. The van der Waals surface area contributed by atoms with E-state index in [9.17, 15) is 19.8 Å². The van der Waals surface area contributed by atoms with Crippen molar-refractivity contribution < 1.29 is 57.0 Å². The molecule has 0 aromatic rings. The summed E-state index contributed by atoms with van der Waals surface area (Å²) in [5.41, 5.74) is 0. The van der Waals surface area contributed by atoms with Crippen LogP contribution in [0.4, 0.5) is 0 Å². The molecule has 0 fully saturated rings. The topological polar surface area (TPSA) is 140 Å². The van der Waals surface area contributed by atoms with Gasteiger partial charge in [0.25, 0.3) is 0 Å². The molecule has 0 heterocycles. The summed E-state index contributed by atoms with van der Waals surface area (Å²) in [5.74, 6) is -1.99. The first-order valence-electron chi connectivity index (χ1n) is 2.94. The van der Waals surface area contributed by atoms with Gasteiger partial charge in [0.2, 0.25) is 0 Å². The minimum Gasteiger partial charge on any atom is -0.870 e. The second kappa shape index (κ2) is 22.6. The van der Waals surface area contributed by atoms with Crippen molar-refractivity contribution in [1.82, 2.24) is 0 Å². The molecule has 0 amide bonds. The number of carbonyl (C=O) groups excluding carboxylic acids is 2. The van der Waals surface area contributed by atoms with Crippen molar-refractivity contribution in [3.63, 3.8) is 0 Å². The summed E-state index contributed by atoms with van der Waals surface area (Å²) in [6.45, 7) is 3.07. The van der Waals surface area contributed by atoms with Crippen molar-refractivity contribution in [3.8, 4) is 0 Å². The van der Waals surface area contributed by atoms with Crippen molar-refractivity contribution in [2.24, 2.45) is 0 Å². The van der Waals surface area contributed by atoms with Crippen molar-refractivity contribution >= 4 is 11.9 Å². The fourth-order valence-corrected chi connectivity index (χ4v) is 0. The molecule has 0 aliphatic heterocycles. The zero-order chi connectivity index (χ0) is 8.57. The third kappa shape index (κ3) is 79.6. The SMILES string of the molecule is CCC(=O)[O-].CCC(=O)[O-].[OH-].[OH-].[Zr+4]. The van der Waals surface area contributed by atoms with Crippen molar-refractivity contribution in [2.45, 2.75) is 26.7 Å². The predicted octanol–water partition coefficient (Wildman–Crippen LogP) is -2.06. The molecule has 0 bridgehead atoms. The van der Waals surface area contributed by atoms with Crippen LogP contribution in [0.15, 0.2) is 0 Å². The van der Waals surface area contributed by atoms with E-state index in [0.717, 1.165) is 0 Å². The van der Waals surface area contributed by atoms with Crippen LogP contribution in [0.25, 0.3) is 0 Å². The van der Waals surface area contributed by atoms with Gasteiger partial charge in [-0.2, -0.15) is 0 Å². The Balaban J connectivity index is -0.0000000267. The first-order chi connectivity index (χ1) is 4.54. The summed E-state index contributed by atoms with van der Waals surface area (Å²) in [6.07, 6.45) is 0.222. The third-order valence-corrected chi connectivity index (χ3v) is 0.577. The van der Waals surface area contributed by atoms with Crippen LogP contribution in [0.5, 0.6) is 0 Å². The van der Waals surface area contributed by atoms with E-state index in [2.05, 4.69) is 0 Å². The van der Waals surface area contributed by atoms with Crippen LogP contribution >= 0.6 is 0 Å². The summed E-state index contributed by atoms with van der Waals surface area (Å²) in [6, 6.07) is 0. The Morgan fingerprint density at radius 1 is 0.923 bits per heavy atom. The normalized spacial score (nSPS) is 5.69. The van der Waals surface area contributed by atoms with Gasteiger partial charge in [0.05, 0.1) is 0 Å². The summed E-state index contributed by atoms with van der Waals surface area (Å²) in [4.78, 5) is 18.5. The van der Waals surface area contributed by atoms with Gasteiger partial charge in [0.1, 0.15) is 0 Å². The van der Waals surface area contributed by atoms with Crippen LogP contribution in [-0.4, -0.2) is 22.9 Å². The number of aliphatic carboxylic acids is 2. The van der Waals surface area contributed by atoms with Gasteiger partial charge in [-0.25, -0.2) is 0 Å². The van der Waals surface area contributed by atoms with E-state index >= 15 is 0 Å². The minimum absolute atomic E-state index is 0. The number of carboxylic acid groups (broad SMARTS) is 2. The van der Waals surface area contributed by atoms with E-state index < -0.39 is 11.9 Å². The Kier molecular flexibility index (Phi) is 51.0. The fourth-order valence-electron chi connectivity index (χ4n) is 0. The average molecular weight is 271 g/mol. The van der Waals surface area contributed by atoms with E-state index in [-0.39, 0.29) is 50.0 Å². The van der Waals surface area contributed by atoms with Crippen LogP contribution in [0.3, 0.4) is 0 Å². The number of hydrogen-bond donors (Lipinski definition) is 0. The number of carbonyl (C=O) groups is 2. The van der Waals surface area contributed by atoms with Crippen LogP contribution in [0, 0.1) is 0 Å². The molecule has 0 atom stereocenters. The Hall–Kier alpha value is -0.257. The van der Waals surface area contributed by atoms with Crippen molar-refractivity contribution in [2.75, 3.05) is 0 Å². The van der Waals surface area contributed by atoms with Gasteiger partial charge in [-0.1, -0.05) is 13.8 Å². The zero-order valence-electron chi connectivity index (χ0n) is 7.44. The van der Waals surface area contributed by atoms with Gasteiger partial charge in [0.15, 0.2) is 0 Å². The van der Waals surface area contributed by atoms with Crippen molar-refractivity contribution in [3.05, 3.63) is 0 Å². The fraction of sp³-hybridized carbons (Fsp3) is 0.667. The Labute approximate surface area is 95.7 Å². The first-order valence-corrected chi connectivity index (χ1v) is 2.94. The standard InChI is InChI=1S/2C3H6O2.2H2O.Zr/c2*1-2-3(4)5;;;/h2*2H2,1H3,(H,4,5);2*1H2;/q;;;;+4/p-4. The van der Waals surface area contributed by atoms with E-state index in [1.807, 2.05) is 0 Å². The quantitative estimate of drug-likeness (QED) is 0.565. The van der Waals surface area contributed by atoms with Crippen LogP contribution in [-0.2, 0) is 35.8 Å². The second-order valence-electron chi connectivity index (χ2n) is 1.45. The maximum absolute atomic E-state index is 9.26. The molecule has 2 N–H and O–H groups in total. The van der Waals surface area contributed by atoms with Gasteiger partial charge in [-0.3, -0.25) is 0 Å². The molecule has 0 unspecified atom stereocenters. The molecule has 6 nitrogen and oxygen atoms in total. The zero-order valence-corrected chi connectivity index (χ0v) is 9.90. The Bertz CT molecular complexity index is 102. The van der Waals surface area contributed by atoms with E-state index in [4.69, 9.17) is 0 Å². The van der Waals surface area contributed by atoms with Gasteiger partial charge >= 0.3 is 26.2 Å². The number of hydrogen-bond acceptors (Lipinski definition) is 6. The molecule has 7 heteroatoms. The molecule has 0 saturated carbocycles. The molecular weight excluding hydrogens is 259 g/mol. The smallest absolute Gasteiger partial charge is 0.870 e. The molecule has 0 saturated heterocycles. The molecule has 0 spiro atoms. The maximum Gasteiger partial charge on any atom is 4.00 e. The number of rotatable bonds is 2. The van der Waals surface area contributed by atoms with E-state index in [1.165, 1.54) is 13.8 Å². The predicted molar refractivity (Wildman–Crippen MR) is 34.5 cm³/mol. The van der Waals surface area contributed by atoms with E-state index in [1.54, 1.807) is 0 Å². The average Bonchev–Trinajstić information content (AvgIpc) is 1.89. The first kappa shape index (κ1) is 29.3. The maximum atomic E-state index is 9.26. The summed E-state index contributed by atoms with van der Waals surface area (Å²) in [7, 11) is 0. The van der Waals surface area contributed by atoms with Crippen molar-refractivity contribution in [1.29, 1.82) is 0 Å². The Morgan fingerprint density at radius 3 is 1.00 bits per heavy atom. The molecule has 0 aromatic heterocycles. The van der Waals surface area contributed by atoms with Crippen LogP contribution in [0.2, 0.25) is 0 Å². The molecule has 0 aromatic carbocycles. The molecule has 0 rings (SSSR count). The summed E-state index contributed by atoms with van der Waals surface area (Å²) in [5, 5.41) is 18.5. The van der Waals surface area contributed by atoms with E-state index in [0.29, 0.717) is 0 Å². The van der Waals surface area contributed by atoms with Crippen LogP contribution < -0.4 is 10.2 Å². The van der Waals surface area contributed by atoms with Crippen LogP contribution in [0.1, 0.15) is 26.7 Å². The summed E-state index contributed by atoms with van der Waals surface area (Å²) >= 11 is 0. The summed E-state index contributed by atoms with van der Waals surface area (Å²) < 4.78 is 0. The van der Waals surface area contributed by atoms with Gasteiger partial charge < -0.3 is 30.8 Å². The molecule has 0 aliphatic carbocycles. The monoisotopic (exact) mass is 270 g/mol. The molecule has 13 heavy (non-hydrogen) atoms. The molecule has 76 valence electrons. The molecule has 0 radical (unpaired) electrons. The molecule has 0 aliphatic rings. The third-order valence-electron chi connectivity index (χ3n) is 0.577. The second-order valence-corrected chi connectivity index (χ2v) is 1.45. The Morgan fingerprint density at radius 2 is 1.00 bits per heavy atom. The molecular formula is C6H12O6Zr. The largest absolute Gasteiger partial charge is 4.00 e. The van der Waals surface area contributed by atoms with Gasteiger partial charge in [0, 0.05) is 11.9 Å². The minimum atomic E-state index is -0.995. The van der Waals surface area contributed by atoms with Gasteiger partial charge in [-0.05, 0) is 12.8 Å². The van der Waals surface area contributed by atoms with Gasteiger partial charge in [-0.15, -0.1) is 0 Å².